The van der Waals surface area contributed by atoms with E-state index in [-0.39, 0.29) is 23.7 Å². The maximum atomic E-state index is 13.6. The predicted molar refractivity (Wildman–Crippen MR) is 124 cm³/mol. The van der Waals surface area contributed by atoms with Gasteiger partial charge in [0.25, 0.3) is 5.69 Å². The van der Waals surface area contributed by atoms with Crippen LogP contribution in [-0.4, -0.2) is 17.5 Å². The molecule has 0 amide bonds. The lowest BCUT2D eigenvalue weighted by molar-refractivity contribution is -0.385. The van der Waals surface area contributed by atoms with Crippen molar-refractivity contribution in [2.24, 2.45) is 5.41 Å². The number of nitro groups is 1. The molecule has 0 aromatic heterocycles. The van der Waals surface area contributed by atoms with E-state index >= 15 is 0 Å². The van der Waals surface area contributed by atoms with E-state index in [2.05, 4.69) is 31.3 Å². The highest BCUT2D eigenvalue weighted by atomic mass is 16.7. The first-order valence-corrected chi connectivity index (χ1v) is 11.0. The van der Waals surface area contributed by atoms with E-state index in [1.807, 2.05) is 24.3 Å². The molecule has 7 nitrogen and oxygen atoms in total. The van der Waals surface area contributed by atoms with Crippen LogP contribution in [0, 0.1) is 15.5 Å². The van der Waals surface area contributed by atoms with Crippen LogP contribution in [0.15, 0.2) is 54.1 Å². The van der Waals surface area contributed by atoms with Gasteiger partial charge in [-0.05, 0) is 40.3 Å². The van der Waals surface area contributed by atoms with Gasteiger partial charge in [0.15, 0.2) is 17.3 Å². The lowest BCUT2D eigenvalue weighted by atomic mass is 9.67. The fourth-order valence-corrected chi connectivity index (χ4v) is 5.41. The Hall–Kier alpha value is -3.87. The van der Waals surface area contributed by atoms with Crippen LogP contribution in [0.5, 0.6) is 11.5 Å². The minimum absolute atomic E-state index is 0.0178. The van der Waals surface area contributed by atoms with Gasteiger partial charge in [0.05, 0.1) is 22.6 Å². The highest BCUT2D eigenvalue weighted by molar-refractivity contribution is 6.13. The number of nitro benzene ring substituents is 1. The van der Waals surface area contributed by atoms with Gasteiger partial charge in [0.1, 0.15) is 0 Å². The fraction of sp³-hybridized carbons (Fsp3) is 0.269. The summed E-state index contributed by atoms with van der Waals surface area (Å²) in [4.78, 5) is 25.2. The van der Waals surface area contributed by atoms with Crippen LogP contribution in [0.3, 0.4) is 0 Å². The third-order valence-electron chi connectivity index (χ3n) is 6.77. The van der Waals surface area contributed by atoms with Crippen LogP contribution < -0.4 is 14.8 Å². The van der Waals surface area contributed by atoms with Gasteiger partial charge in [0.2, 0.25) is 6.79 Å². The maximum absolute atomic E-state index is 13.6. The summed E-state index contributed by atoms with van der Waals surface area (Å²) in [6, 6.07) is 14.5. The van der Waals surface area contributed by atoms with E-state index in [0.29, 0.717) is 35.5 Å². The van der Waals surface area contributed by atoms with Gasteiger partial charge in [-0.2, -0.15) is 0 Å². The standard InChI is InChI=1S/C26H22N2O5/c1-26(2)11-17-23-15-6-4-3-5-14(15)7-8-18(23)27-25(24(17)20(29)12-26)16-9-21-22(33-13-32-21)10-19(16)28(30)31/h3-10,25,27H,11-13H2,1-2H3/t25-/m0/s1. The number of ketones is 1. The minimum Gasteiger partial charge on any atom is -0.454 e. The monoisotopic (exact) mass is 442 g/mol. The quantitative estimate of drug-likeness (QED) is 0.399. The molecule has 1 N–H and O–H groups in total. The molecule has 0 bridgehead atoms. The highest BCUT2D eigenvalue weighted by Crippen LogP contribution is 2.53. The van der Waals surface area contributed by atoms with E-state index in [1.165, 1.54) is 6.07 Å². The molecule has 0 spiro atoms. The van der Waals surface area contributed by atoms with Gasteiger partial charge in [-0.3, -0.25) is 14.9 Å². The molecular formula is C26H22N2O5. The second-order valence-electron chi connectivity index (χ2n) is 9.64. The van der Waals surface area contributed by atoms with E-state index < -0.39 is 11.0 Å². The average Bonchev–Trinajstić information content (AvgIpc) is 3.24. The Morgan fingerprint density at radius 2 is 1.82 bits per heavy atom. The Bertz CT molecular complexity index is 1410. The van der Waals surface area contributed by atoms with Gasteiger partial charge in [-0.15, -0.1) is 0 Å². The number of hydrogen-bond acceptors (Lipinski definition) is 6. The van der Waals surface area contributed by atoms with Crippen molar-refractivity contribution in [2.45, 2.75) is 32.7 Å². The largest absolute Gasteiger partial charge is 0.454 e. The van der Waals surface area contributed by atoms with Crippen molar-refractivity contribution in [2.75, 3.05) is 12.1 Å². The summed E-state index contributed by atoms with van der Waals surface area (Å²) in [5.74, 6) is 0.815. The number of Topliss-reactive ketones (excluding diaryl/α,β-unsaturated/α-hetero) is 1. The molecule has 0 saturated carbocycles. The molecule has 3 aliphatic rings. The summed E-state index contributed by atoms with van der Waals surface area (Å²) >= 11 is 0. The minimum atomic E-state index is -0.646. The Morgan fingerprint density at radius 3 is 2.61 bits per heavy atom. The van der Waals surface area contributed by atoms with E-state index in [1.54, 1.807) is 6.07 Å². The van der Waals surface area contributed by atoms with Gasteiger partial charge >= 0.3 is 0 Å². The molecule has 33 heavy (non-hydrogen) atoms. The third-order valence-corrected chi connectivity index (χ3v) is 6.77. The zero-order valence-electron chi connectivity index (χ0n) is 18.3. The number of rotatable bonds is 2. The normalized spacial score (nSPS) is 20.3. The lowest BCUT2D eigenvalue weighted by Gasteiger charge is -2.40. The maximum Gasteiger partial charge on any atom is 0.279 e. The fourth-order valence-electron chi connectivity index (χ4n) is 5.41. The number of ether oxygens (including phenoxy) is 2. The van der Waals surface area contributed by atoms with Crippen molar-refractivity contribution in [1.82, 2.24) is 0 Å². The molecule has 1 atom stereocenters. The number of benzene rings is 3. The smallest absolute Gasteiger partial charge is 0.279 e. The van der Waals surface area contributed by atoms with Crippen LogP contribution in [0.4, 0.5) is 11.4 Å². The Morgan fingerprint density at radius 1 is 1.06 bits per heavy atom. The molecule has 0 saturated heterocycles. The number of fused-ring (bicyclic) bond motifs is 5. The first kappa shape index (κ1) is 19.8. The van der Waals surface area contributed by atoms with Crippen molar-refractivity contribution in [1.29, 1.82) is 0 Å². The topological polar surface area (TPSA) is 90.7 Å². The van der Waals surface area contributed by atoms with Gasteiger partial charge in [-0.1, -0.05) is 44.2 Å². The number of nitrogens with one attached hydrogen (secondary N) is 1. The highest BCUT2D eigenvalue weighted by Gasteiger charge is 2.43. The predicted octanol–water partition coefficient (Wildman–Crippen LogP) is 5.79. The van der Waals surface area contributed by atoms with E-state index in [0.717, 1.165) is 27.6 Å². The third kappa shape index (κ3) is 2.99. The molecule has 0 fully saturated rings. The number of anilines is 1. The number of carbonyl (C=O) groups excluding carboxylic acids is 1. The van der Waals surface area contributed by atoms with Crippen molar-refractivity contribution in [3.8, 4) is 11.5 Å². The van der Waals surface area contributed by atoms with Crippen LogP contribution in [0.25, 0.3) is 16.3 Å². The van der Waals surface area contributed by atoms with Crippen LogP contribution in [-0.2, 0) is 4.79 Å². The molecule has 166 valence electrons. The number of hydrogen-bond donors (Lipinski definition) is 1. The van der Waals surface area contributed by atoms with Gasteiger partial charge in [-0.25, -0.2) is 0 Å². The van der Waals surface area contributed by atoms with Gasteiger partial charge < -0.3 is 14.8 Å². The summed E-state index contributed by atoms with van der Waals surface area (Å²) in [6.45, 7) is 4.21. The van der Waals surface area contributed by atoms with Crippen molar-refractivity contribution < 1.29 is 19.2 Å². The zero-order valence-corrected chi connectivity index (χ0v) is 18.3. The molecular weight excluding hydrogens is 420 g/mol. The number of allylic oxidation sites excluding steroid dienone is 1. The number of nitrogens with zero attached hydrogens (tertiary/aromatic N) is 1. The summed E-state index contributed by atoms with van der Waals surface area (Å²) in [5, 5.41) is 17.6. The molecule has 1 aliphatic carbocycles. The van der Waals surface area contributed by atoms with Crippen molar-refractivity contribution in [3.63, 3.8) is 0 Å². The average molecular weight is 442 g/mol. The van der Waals surface area contributed by atoms with Crippen LogP contribution in [0.2, 0.25) is 0 Å². The van der Waals surface area contributed by atoms with E-state index in [4.69, 9.17) is 9.47 Å². The Kier molecular flexibility index (Phi) is 4.08. The molecule has 2 heterocycles. The Balaban J connectivity index is 1.64. The van der Waals surface area contributed by atoms with Gasteiger partial charge in [0, 0.05) is 23.2 Å². The summed E-state index contributed by atoms with van der Waals surface area (Å²) in [7, 11) is 0. The molecule has 2 aliphatic heterocycles. The van der Waals surface area contributed by atoms with Crippen molar-refractivity contribution >= 4 is 33.5 Å². The second-order valence-corrected chi connectivity index (χ2v) is 9.64. The first-order valence-electron chi connectivity index (χ1n) is 11.0. The first-order chi connectivity index (χ1) is 15.8. The molecule has 7 heteroatoms. The number of carbonyl (C=O) groups is 1. The lowest BCUT2D eigenvalue weighted by Crippen LogP contribution is -2.33. The summed E-state index contributed by atoms with van der Waals surface area (Å²) < 4.78 is 10.9. The van der Waals surface area contributed by atoms with Crippen molar-refractivity contribution in [3.05, 3.63) is 75.3 Å². The molecule has 3 aromatic carbocycles. The van der Waals surface area contributed by atoms with E-state index in [9.17, 15) is 14.9 Å². The molecule has 0 unspecified atom stereocenters. The molecule has 0 radical (unpaired) electrons. The summed E-state index contributed by atoms with van der Waals surface area (Å²) in [6.07, 6.45) is 1.11. The molecule has 6 rings (SSSR count). The van der Waals surface area contributed by atoms with Crippen LogP contribution >= 0.6 is 0 Å². The summed E-state index contributed by atoms with van der Waals surface area (Å²) in [5.41, 5.74) is 3.58. The second kappa shape index (κ2) is 6.81. The van der Waals surface area contributed by atoms with Crippen LogP contribution in [0.1, 0.15) is 43.9 Å². The Labute approximate surface area is 190 Å². The SMILES string of the molecule is CC1(C)CC(=O)C2=C(C1)c1c(ccc3ccccc13)N[C@H]2c1cc2c(cc1[N+](=O)[O-])OCO2. The zero-order chi connectivity index (χ0) is 22.9. The molecule has 3 aromatic rings.